The van der Waals surface area contributed by atoms with E-state index in [1.165, 1.54) is 6.20 Å². The predicted octanol–water partition coefficient (Wildman–Crippen LogP) is 2.44. The third kappa shape index (κ3) is 4.82. The quantitative estimate of drug-likeness (QED) is 0.466. The fourth-order valence-electron chi connectivity index (χ4n) is 1.64. The number of hydrogen-bond donors (Lipinski definition) is 1. The molecule has 1 aromatic heterocycles. The summed E-state index contributed by atoms with van der Waals surface area (Å²) >= 11 is 0. The van der Waals surface area contributed by atoms with Crippen LogP contribution >= 0.6 is 0 Å². The highest BCUT2D eigenvalue weighted by molar-refractivity contribution is 5.46. The summed E-state index contributed by atoms with van der Waals surface area (Å²) in [5.74, 6) is 0.690. The van der Waals surface area contributed by atoms with E-state index in [4.69, 9.17) is 0 Å². The lowest BCUT2D eigenvalue weighted by atomic mass is 10.2. The first-order chi connectivity index (χ1) is 8.91. The van der Waals surface area contributed by atoms with Crippen molar-refractivity contribution in [1.29, 1.82) is 0 Å². The minimum Gasteiger partial charge on any atom is -0.370 e. The molecule has 0 aromatic carbocycles. The summed E-state index contributed by atoms with van der Waals surface area (Å²) in [4.78, 5) is 16.6. The zero-order chi connectivity index (χ0) is 14.4. The molecule has 6 heteroatoms. The van der Waals surface area contributed by atoms with Crippen LogP contribution in [-0.4, -0.2) is 41.0 Å². The van der Waals surface area contributed by atoms with Gasteiger partial charge in [0.25, 0.3) is 5.69 Å². The zero-order valence-electron chi connectivity index (χ0n) is 12.0. The van der Waals surface area contributed by atoms with E-state index in [-0.39, 0.29) is 5.69 Å². The van der Waals surface area contributed by atoms with E-state index in [1.54, 1.807) is 13.0 Å². The Morgan fingerprint density at radius 2 is 2.21 bits per heavy atom. The molecule has 1 aromatic rings. The topological polar surface area (TPSA) is 71.3 Å². The van der Waals surface area contributed by atoms with Gasteiger partial charge in [-0.05, 0) is 46.9 Å². The Balaban J connectivity index is 2.42. The van der Waals surface area contributed by atoms with Gasteiger partial charge in [0.05, 0.1) is 4.92 Å². The van der Waals surface area contributed by atoms with Crippen LogP contribution in [0.3, 0.4) is 0 Å². The standard InChI is InChI=1S/C13H22N4O2/c1-10(2)16(4)7-5-6-14-13-8-11(3)12(9-15-13)17(18)19/h8-10H,5-7H2,1-4H3,(H,14,15). The van der Waals surface area contributed by atoms with Crippen LogP contribution in [0.25, 0.3) is 0 Å². The van der Waals surface area contributed by atoms with Crippen molar-refractivity contribution < 1.29 is 4.92 Å². The van der Waals surface area contributed by atoms with E-state index in [9.17, 15) is 10.1 Å². The maximum absolute atomic E-state index is 10.7. The lowest BCUT2D eigenvalue weighted by Crippen LogP contribution is -2.28. The van der Waals surface area contributed by atoms with Crippen molar-refractivity contribution in [1.82, 2.24) is 9.88 Å². The van der Waals surface area contributed by atoms with Crippen molar-refractivity contribution in [3.05, 3.63) is 27.9 Å². The van der Waals surface area contributed by atoms with Crippen LogP contribution in [-0.2, 0) is 0 Å². The fourth-order valence-corrected chi connectivity index (χ4v) is 1.64. The molecular weight excluding hydrogens is 244 g/mol. The highest BCUT2D eigenvalue weighted by atomic mass is 16.6. The van der Waals surface area contributed by atoms with E-state index in [2.05, 4.69) is 36.1 Å². The van der Waals surface area contributed by atoms with Gasteiger partial charge in [0, 0.05) is 18.2 Å². The minimum absolute atomic E-state index is 0.0603. The van der Waals surface area contributed by atoms with Gasteiger partial charge in [0.1, 0.15) is 12.0 Å². The summed E-state index contributed by atoms with van der Waals surface area (Å²) in [5, 5.41) is 13.9. The number of rotatable bonds is 7. The third-order valence-corrected chi connectivity index (χ3v) is 3.16. The molecule has 1 heterocycles. The second-order valence-corrected chi connectivity index (χ2v) is 4.97. The molecule has 0 atom stereocenters. The van der Waals surface area contributed by atoms with E-state index in [0.29, 0.717) is 17.4 Å². The van der Waals surface area contributed by atoms with E-state index in [1.807, 2.05) is 0 Å². The molecule has 19 heavy (non-hydrogen) atoms. The van der Waals surface area contributed by atoms with Crippen LogP contribution in [0.5, 0.6) is 0 Å². The Bertz CT molecular complexity index is 435. The Morgan fingerprint density at radius 3 is 2.74 bits per heavy atom. The number of aromatic nitrogens is 1. The van der Waals surface area contributed by atoms with Crippen LogP contribution in [0.2, 0.25) is 0 Å². The first kappa shape index (κ1) is 15.4. The Kier molecular flexibility index (Phi) is 5.69. The van der Waals surface area contributed by atoms with E-state index < -0.39 is 4.92 Å². The second-order valence-electron chi connectivity index (χ2n) is 4.97. The molecule has 1 rings (SSSR count). The molecule has 0 spiro atoms. The van der Waals surface area contributed by atoms with Gasteiger partial charge < -0.3 is 10.2 Å². The highest BCUT2D eigenvalue weighted by Crippen LogP contribution is 2.18. The van der Waals surface area contributed by atoms with Gasteiger partial charge in [-0.2, -0.15) is 0 Å². The summed E-state index contributed by atoms with van der Waals surface area (Å²) in [6, 6.07) is 2.25. The SMILES string of the molecule is Cc1cc(NCCCN(C)C(C)C)ncc1[N+](=O)[O-]. The predicted molar refractivity (Wildman–Crippen MR) is 76.5 cm³/mol. The number of hydrogen-bond acceptors (Lipinski definition) is 5. The van der Waals surface area contributed by atoms with Gasteiger partial charge in [-0.25, -0.2) is 4.98 Å². The third-order valence-electron chi connectivity index (χ3n) is 3.16. The number of anilines is 1. The van der Waals surface area contributed by atoms with Crippen molar-refractivity contribution in [2.24, 2.45) is 0 Å². The van der Waals surface area contributed by atoms with Gasteiger partial charge in [-0.15, -0.1) is 0 Å². The summed E-state index contributed by atoms with van der Waals surface area (Å²) < 4.78 is 0. The van der Waals surface area contributed by atoms with Crippen molar-refractivity contribution in [2.75, 3.05) is 25.5 Å². The molecule has 0 saturated carbocycles. The molecule has 0 radical (unpaired) electrons. The maximum atomic E-state index is 10.7. The molecule has 0 saturated heterocycles. The number of pyridine rings is 1. The normalized spacial score (nSPS) is 11.1. The summed E-state index contributed by atoms with van der Waals surface area (Å²) in [6.07, 6.45) is 2.31. The van der Waals surface area contributed by atoms with E-state index >= 15 is 0 Å². The first-order valence-electron chi connectivity index (χ1n) is 6.47. The molecule has 0 unspecified atom stereocenters. The molecule has 1 N–H and O–H groups in total. The zero-order valence-corrected chi connectivity index (χ0v) is 12.0. The van der Waals surface area contributed by atoms with Crippen LogP contribution < -0.4 is 5.32 Å². The number of nitrogens with one attached hydrogen (secondary N) is 1. The maximum Gasteiger partial charge on any atom is 0.290 e. The molecule has 0 aliphatic rings. The summed E-state index contributed by atoms with van der Waals surface area (Å²) in [6.45, 7) is 7.86. The van der Waals surface area contributed by atoms with E-state index in [0.717, 1.165) is 19.5 Å². The van der Waals surface area contributed by atoms with Crippen LogP contribution in [0.4, 0.5) is 11.5 Å². The lowest BCUT2D eigenvalue weighted by molar-refractivity contribution is -0.385. The second kappa shape index (κ2) is 7.04. The Hall–Kier alpha value is -1.69. The van der Waals surface area contributed by atoms with Crippen molar-refractivity contribution >= 4 is 11.5 Å². The smallest absolute Gasteiger partial charge is 0.290 e. The number of nitro groups is 1. The number of nitrogens with zero attached hydrogens (tertiary/aromatic N) is 3. The minimum atomic E-state index is -0.413. The summed E-state index contributed by atoms with van der Waals surface area (Å²) in [5.41, 5.74) is 0.687. The monoisotopic (exact) mass is 266 g/mol. The van der Waals surface area contributed by atoms with Gasteiger partial charge in [0.15, 0.2) is 0 Å². The number of aryl methyl sites for hydroxylation is 1. The van der Waals surface area contributed by atoms with Gasteiger partial charge in [-0.3, -0.25) is 10.1 Å². The van der Waals surface area contributed by atoms with Crippen molar-refractivity contribution in [3.63, 3.8) is 0 Å². The highest BCUT2D eigenvalue weighted by Gasteiger charge is 2.11. The molecule has 0 amide bonds. The van der Waals surface area contributed by atoms with Gasteiger partial charge >= 0.3 is 0 Å². The lowest BCUT2D eigenvalue weighted by Gasteiger charge is -2.20. The molecule has 0 aliphatic heterocycles. The average molecular weight is 266 g/mol. The van der Waals surface area contributed by atoms with Crippen LogP contribution in [0, 0.1) is 17.0 Å². The largest absolute Gasteiger partial charge is 0.370 e. The first-order valence-corrected chi connectivity index (χ1v) is 6.47. The van der Waals surface area contributed by atoms with Crippen LogP contribution in [0.15, 0.2) is 12.3 Å². The van der Waals surface area contributed by atoms with Crippen molar-refractivity contribution in [3.8, 4) is 0 Å². The molecule has 106 valence electrons. The molecule has 0 bridgehead atoms. The average Bonchev–Trinajstić information content (AvgIpc) is 2.33. The van der Waals surface area contributed by atoms with Gasteiger partial charge in [0.2, 0.25) is 0 Å². The van der Waals surface area contributed by atoms with Gasteiger partial charge in [-0.1, -0.05) is 0 Å². The van der Waals surface area contributed by atoms with Crippen LogP contribution in [0.1, 0.15) is 25.8 Å². The Morgan fingerprint density at radius 1 is 1.53 bits per heavy atom. The molecular formula is C13H22N4O2. The Labute approximate surface area is 114 Å². The fraction of sp³-hybridized carbons (Fsp3) is 0.615. The van der Waals surface area contributed by atoms with Crippen molar-refractivity contribution in [2.45, 2.75) is 33.2 Å². The molecule has 0 fully saturated rings. The summed E-state index contributed by atoms with van der Waals surface area (Å²) in [7, 11) is 2.10. The molecule has 6 nitrogen and oxygen atoms in total. The molecule has 0 aliphatic carbocycles.